The third-order valence-electron chi connectivity index (χ3n) is 3.26. The van der Waals surface area contributed by atoms with Crippen LogP contribution in [0, 0.1) is 6.92 Å². The Morgan fingerprint density at radius 2 is 1.79 bits per heavy atom. The number of aryl methyl sites for hydroxylation is 1. The highest BCUT2D eigenvalue weighted by Crippen LogP contribution is 2.25. The molecule has 2 aromatic heterocycles. The Morgan fingerprint density at radius 1 is 1.05 bits per heavy atom. The van der Waals surface area contributed by atoms with Crippen LogP contribution in [0.3, 0.4) is 0 Å². The van der Waals surface area contributed by atoms with E-state index in [0.717, 1.165) is 16.7 Å². The minimum absolute atomic E-state index is 0.548. The van der Waals surface area contributed by atoms with E-state index in [9.17, 15) is 0 Å². The van der Waals surface area contributed by atoms with Crippen LogP contribution in [0.5, 0.6) is 0 Å². The molecule has 0 N–H and O–H groups in total. The Balaban J connectivity index is 2.03. The zero-order chi connectivity index (χ0) is 13.4. The van der Waals surface area contributed by atoms with E-state index >= 15 is 0 Å². The molecule has 2 heterocycles. The monoisotopic (exact) mass is 252 g/mol. The van der Waals surface area contributed by atoms with E-state index in [2.05, 4.69) is 48.1 Å². The second-order valence-corrected chi connectivity index (χ2v) is 5.06. The van der Waals surface area contributed by atoms with Crippen molar-refractivity contribution in [3.63, 3.8) is 0 Å². The van der Waals surface area contributed by atoms with Gasteiger partial charge in [-0.25, -0.2) is 4.98 Å². The quantitative estimate of drug-likeness (QED) is 0.681. The number of aromatic nitrogens is 2. The average molecular weight is 252 g/mol. The van der Waals surface area contributed by atoms with Crippen LogP contribution in [0.1, 0.15) is 31.2 Å². The van der Waals surface area contributed by atoms with Gasteiger partial charge in [-0.1, -0.05) is 38.1 Å². The fourth-order valence-electron chi connectivity index (χ4n) is 2.15. The summed E-state index contributed by atoms with van der Waals surface area (Å²) in [6, 6.07) is 10.6. The molecular formula is C16H16N2O. The van der Waals surface area contributed by atoms with E-state index in [0.29, 0.717) is 17.5 Å². The molecule has 19 heavy (non-hydrogen) atoms. The van der Waals surface area contributed by atoms with Crippen molar-refractivity contribution in [2.24, 2.45) is 0 Å². The predicted molar refractivity (Wildman–Crippen MR) is 76.1 cm³/mol. The lowest BCUT2D eigenvalue weighted by atomic mass is 9.99. The molecule has 0 atom stereocenters. The van der Waals surface area contributed by atoms with E-state index in [-0.39, 0.29) is 0 Å². The van der Waals surface area contributed by atoms with Crippen molar-refractivity contribution < 1.29 is 4.42 Å². The van der Waals surface area contributed by atoms with E-state index < -0.39 is 0 Å². The van der Waals surface area contributed by atoms with Gasteiger partial charge in [0.25, 0.3) is 0 Å². The molecule has 0 saturated carbocycles. The standard InChI is InChI=1S/C16H16N2O/c1-10(2)12-4-6-13(7-5-12)14-8-15-16(17-9-14)18-11(3)19-15/h4-10H,1-3H3. The number of hydrogen-bond acceptors (Lipinski definition) is 3. The Hall–Kier alpha value is -2.16. The van der Waals surface area contributed by atoms with Gasteiger partial charge in [-0.05, 0) is 23.1 Å². The SMILES string of the molecule is Cc1nc2ncc(-c3ccc(C(C)C)cc3)cc2o1. The molecule has 1 aromatic carbocycles. The molecule has 0 aliphatic heterocycles. The van der Waals surface area contributed by atoms with Crippen molar-refractivity contribution >= 4 is 11.2 Å². The van der Waals surface area contributed by atoms with Gasteiger partial charge in [-0.2, -0.15) is 4.98 Å². The molecule has 3 nitrogen and oxygen atoms in total. The van der Waals surface area contributed by atoms with Gasteiger partial charge < -0.3 is 4.42 Å². The van der Waals surface area contributed by atoms with Gasteiger partial charge in [0.15, 0.2) is 17.1 Å². The van der Waals surface area contributed by atoms with Gasteiger partial charge in [0.1, 0.15) is 0 Å². The summed E-state index contributed by atoms with van der Waals surface area (Å²) in [5.41, 5.74) is 4.95. The van der Waals surface area contributed by atoms with Gasteiger partial charge in [0, 0.05) is 18.7 Å². The van der Waals surface area contributed by atoms with Crippen LogP contribution in [0.25, 0.3) is 22.4 Å². The van der Waals surface area contributed by atoms with E-state index in [1.54, 1.807) is 0 Å². The first kappa shape index (κ1) is 11.9. The first-order valence-corrected chi connectivity index (χ1v) is 6.47. The Morgan fingerprint density at radius 3 is 2.47 bits per heavy atom. The summed E-state index contributed by atoms with van der Waals surface area (Å²) < 4.78 is 5.52. The highest BCUT2D eigenvalue weighted by molar-refractivity contribution is 5.76. The van der Waals surface area contributed by atoms with Crippen LogP contribution in [-0.4, -0.2) is 9.97 Å². The van der Waals surface area contributed by atoms with E-state index in [4.69, 9.17) is 4.42 Å². The number of nitrogens with zero attached hydrogens (tertiary/aromatic N) is 2. The minimum Gasteiger partial charge on any atom is -0.439 e. The maximum absolute atomic E-state index is 5.52. The molecule has 0 aliphatic rings. The van der Waals surface area contributed by atoms with Gasteiger partial charge >= 0.3 is 0 Å². The van der Waals surface area contributed by atoms with Crippen molar-refractivity contribution in [2.75, 3.05) is 0 Å². The summed E-state index contributed by atoms with van der Waals surface area (Å²) in [4.78, 5) is 8.54. The van der Waals surface area contributed by atoms with Gasteiger partial charge in [-0.15, -0.1) is 0 Å². The molecule has 0 bridgehead atoms. The first-order chi connectivity index (χ1) is 9.13. The number of benzene rings is 1. The second kappa shape index (κ2) is 4.50. The third-order valence-corrected chi connectivity index (χ3v) is 3.26. The maximum Gasteiger partial charge on any atom is 0.198 e. The van der Waals surface area contributed by atoms with Crippen LogP contribution in [0.2, 0.25) is 0 Å². The normalized spacial score (nSPS) is 11.4. The molecule has 3 rings (SSSR count). The third kappa shape index (κ3) is 2.24. The molecule has 0 spiro atoms. The lowest BCUT2D eigenvalue weighted by Gasteiger charge is -2.06. The number of rotatable bonds is 2. The summed E-state index contributed by atoms with van der Waals surface area (Å²) >= 11 is 0. The molecule has 0 unspecified atom stereocenters. The van der Waals surface area contributed by atoms with Crippen LogP contribution in [-0.2, 0) is 0 Å². The topological polar surface area (TPSA) is 38.9 Å². The molecule has 0 radical (unpaired) electrons. The molecular weight excluding hydrogens is 236 g/mol. The van der Waals surface area contributed by atoms with Crippen molar-refractivity contribution in [1.29, 1.82) is 0 Å². The summed E-state index contributed by atoms with van der Waals surface area (Å²) in [6.07, 6.45) is 1.84. The lowest BCUT2D eigenvalue weighted by molar-refractivity contribution is 0.561. The fourth-order valence-corrected chi connectivity index (χ4v) is 2.15. The second-order valence-electron chi connectivity index (χ2n) is 5.06. The van der Waals surface area contributed by atoms with E-state index in [1.807, 2.05) is 19.2 Å². The smallest absolute Gasteiger partial charge is 0.198 e. The van der Waals surface area contributed by atoms with Gasteiger partial charge in [0.05, 0.1) is 0 Å². The number of oxazole rings is 1. The predicted octanol–water partition coefficient (Wildman–Crippen LogP) is 4.32. The Kier molecular flexibility index (Phi) is 2.82. The minimum atomic E-state index is 0.548. The molecule has 3 aromatic rings. The summed E-state index contributed by atoms with van der Waals surface area (Å²) in [5, 5.41) is 0. The summed E-state index contributed by atoms with van der Waals surface area (Å²) in [7, 11) is 0. The van der Waals surface area contributed by atoms with Crippen LogP contribution in [0.4, 0.5) is 0 Å². The molecule has 96 valence electrons. The molecule has 0 saturated heterocycles. The number of hydrogen-bond donors (Lipinski definition) is 0. The fraction of sp³-hybridized carbons (Fsp3) is 0.250. The Bertz CT molecular complexity index is 711. The van der Waals surface area contributed by atoms with Crippen molar-refractivity contribution in [3.8, 4) is 11.1 Å². The van der Waals surface area contributed by atoms with Crippen LogP contribution in [0.15, 0.2) is 40.9 Å². The first-order valence-electron chi connectivity index (χ1n) is 6.47. The Labute approximate surface area is 112 Å². The van der Waals surface area contributed by atoms with Crippen LogP contribution < -0.4 is 0 Å². The van der Waals surface area contributed by atoms with Crippen molar-refractivity contribution in [2.45, 2.75) is 26.7 Å². The molecule has 0 amide bonds. The number of fused-ring (bicyclic) bond motifs is 1. The van der Waals surface area contributed by atoms with Gasteiger partial charge in [-0.3, -0.25) is 0 Å². The largest absolute Gasteiger partial charge is 0.439 e. The molecule has 0 aliphatic carbocycles. The van der Waals surface area contributed by atoms with Crippen molar-refractivity contribution in [1.82, 2.24) is 9.97 Å². The maximum atomic E-state index is 5.52. The van der Waals surface area contributed by atoms with E-state index in [1.165, 1.54) is 5.56 Å². The summed E-state index contributed by atoms with van der Waals surface area (Å²) in [6.45, 7) is 6.22. The lowest BCUT2D eigenvalue weighted by Crippen LogP contribution is -1.87. The zero-order valence-corrected chi connectivity index (χ0v) is 11.3. The molecule has 3 heteroatoms. The van der Waals surface area contributed by atoms with Gasteiger partial charge in [0.2, 0.25) is 0 Å². The number of pyridine rings is 1. The highest BCUT2D eigenvalue weighted by atomic mass is 16.3. The molecule has 0 fully saturated rings. The van der Waals surface area contributed by atoms with Crippen molar-refractivity contribution in [3.05, 3.63) is 48.0 Å². The highest BCUT2D eigenvalue weighted by Gasteiger charge is 2.06. The average Bonchev–Trinajstić information content (AvgIpc) is 2.77. The summed E-state index contributed by atoms with van der Waals surface area (Å²) in [5.74, 6) is 1.20. The zero-order valence-electron chi connectivity index (χ0n) is 11.3. The van der Waals surface area contributed by atoms with Crippen LogP contribution >= 0.6 is 0 Å².